The first kappa shape index (κ1) is 18.8. The van der Waals surface area contributed by atoms with E-state index < -0.39 is 5.41 Å². The summed E-state index contributed by atoms with van der Waals surface area (Å²) in [5.41, 5.74) is 8.23. The number of hydrogen-bond donors (Lipinski definition) is 1. The second kappa shape index (κ2) is 7.10. The van der Waals surface area contributed by atoms with Crippen molar-refractivity contribution in [3.63, 3.8) is 0 Å². The Morgan fingerprint density at radius 2 is 1.76 bits per heavy atom. The number of aromatic nitrogens is 1. The number of fused-ring (bicyclic) bond motifs is 1. The van der Waals surface area contributed by atoms with Crippen LogP contribution in [0.25, 0.3) is 10.9 Å². The summed E-state index contributed by atoms with van der Waals surface area (Å²) in [4.78, 5) is 26.7. The van der Waals surface area contributed by atoms with Gasteiger partial charge in [-0.15, -0.1) is 0 Å². The van der Waals surface area contributed by atoms with E-state index in [0.717, 1.165) is 22.2 Å². The molecule has 0 spiro atoms. The number of benzene rings is 2. The maximum absolute atomic E-state index is 12.9. The van der Waals surface area contributed by atoms with Crippen LogP contribution in [0.1, 0.15) is 16.8 Å². The first-order valence-corrected chi connectivity index (χ1v) is 9.55. The Kier molecular flexibility index (Phi) is 4.59. The zero-order valence-corrected chi connectivity index (χ0v) is 16.3. The lowest BCUT2D eigenvalue weighted by Crippen LogP contribution is -2.65. The average molecular weight is 386 g/mol. The highest BCUT2D eigenvalue weighted by Gasteiger charge is 2.49. The number of para-hydroxylation sites is 1. The number of primary amides is 1. The van der Waals surface area contributed by atoms with E-state index in [-0.39, 0.29) is 18.4 Å². The number of nitrogens with two attached hydrogens (primary N) is 1. The molecule has 29 heavy (non-hydrogen) atoms. The van der Waals surface area contributed by atoms with Crippen molar-refractivity contribution in [1.29, 1.82) is 5.26 Å². The van der Waals surface area contributed by atoms with Gasteiger partial charge < -0.3 is 15.2 Å². The number of carbonyl (C=O) groups excluding carboxylic acids is 2. The molecule has 2 N–H and O–H groups in total. The van der Waals surface area contributed by atoms with Crippen LogP contribution in [0, 0.1) is 23.7 Å². The van der Waals surface area contributed by atoms with Crippen molar-refractivity contribution in [2.45, 2.75) is 19.9 Å². The molecule has 2 amide bonds. The minimum Gasteiger partial charge on any atom is -0.369 e. The van der Waals surface area contributed by atoms with Gasteiger partial charge in [0, 0.05) is 24.2 Å². The van der Waals surface area contributed by atoms with Gasteiger partial charge in [-0.25, -0.2) is 0 Å². The quantitative estimate of drug-likeness (QED) is 0.730. The van der Waals surface area contributed by atoms with Gasteiger partial charge in [0.05, 0.1) is 16.5 Å². The minimum atomic E-state index is -0.720. The number of nitriles is 1. The molecule has 2 aromatic carbocycles. The molecule has 1 aromatic heterocycles. The SMILES string of the molecule is Cc1c(C#N)c2ccccc2n1CC(=O)N1CC(Cc2ccccc2)(C(N)=O)C1. The summed E-state index contributed by atoms with van der Waals surface area (Å²) < 4.78 is 1.87. The fraction of sp³-hybridized carbons (Fsp3) is 0.261. The number of amides is 2. The van der Waals surface area contributed by atoms with Crippen molar-refractivity contribution < 1.29 is 9.59 Å². The van der Waals surface area contributed by atoms with Crippen molar-refractivity contribution in [3.05, 3.63) is 71.4 Å². The Hall–Kier alpha value is -3.59. The van der Waals surface area contributed by atoms with Gasteiger partial charge >= 0.3 is 0 Å². The third-order valence-corrected chi connectivity index (χ3v) is 5.88. The lowest BCUT2D eigenvalue weighted by Gasteiger charge is -2.48. The monoisotopic (exact) mass is 386 g/mol. The fourth-order valence-corrected chi connectivity index (χ4v) is 4.21. The summed E-state index contributed by atoms with van der Waals surface area (Å²) in [6, 6.07) is 19.5. The van der Waals surface area contributed by atoms with E-state index in [1.54, 1.807) is 4.90 Å². The normalized spacial score (nSPS) is 15.0. The van der Waals surface area contributed by atoms with Crippen molar-refractivity contribution in [2.24, 2.45) is 11.1 Å². The molecular formula is C23H22N4O2. The van der Waals surface area contributed by atoms with Gasteiger partial charge in [0.2, 0.25) is 11.8 Å². The molecule has 0 aliphatic carbocycles. The van der Waals surface area contributed by atoms with E-state index in [9.17, 15) is 14.9 Å². The lowest BCUT2D eigenvalue weighted by molar-refractivity contribution is -0.152. The van der Waals surface area contributed by atoms with Gasteiger partial charge in [0.15, 0.2) is 0 Å². The zero-order valence-electron chi connectivity index (χ0n) is 16.3. The third-order valence-electron chi connectivity index (χ3n) is 5.88. The van der Waals surface area contributed by atoms with E-state index in [2.05, 4.69) is 6.07 Å². The van der Waals surface area contributed by atoms with Crippen molar-refractivity contribution in [3.8, 4) is 6.07 Å². The van der Waals surface area contributed by atoms with Crippen molar-refractivity contribution in [2.75, 3.05) is 13.1 Å². The van der Waals surface area contributed by atoms with Crippen LogP contribution >= 0.6 is 0 Å². The maximum Gasteiger partial charge on any atom is 0.242 e. The van der Waals surface area contributed by atoms with Crippen LogP contribution in [0.2, 0.25) is 0 Å². The number of carbonyl (C=O) groups is 2. The van der Waals surface area contributed by atoms with E-state index in [0.29, 0.717) is 25.1 Å². The summed E-state index contributed by atoms with van der Waals surface area (Å²) in [7, 11) is 0. The summed E-state index contributed by atoms with van der Waals surface area (Å²) in [5, 5.41) is 10.3. The molecule has 6 heteroatoms. The van der Waals surface area contributed by atoms with Crippen LogP contribution < -0.4 is 5.73 Å². The number of hydrogen-bond acceptors (Lipinski definition) is 3. The first-order chi connectivity index (χ1) is 13.9. The smallest absolute Gasteiger partial charge is 0.242 e. The Morgan fingerprint density at radius 3 is 2.41 bits per heavy atom. The van der Waals surface area contributed by atoms with Crippen LogP contribution in [-0.4, -0.2) is 34.4 Å². The molecule has 6 nitrogen and oxygen atoms in total. The molecule has 0 unspecified atom stereocenters. The average Bonchev–Trinajstić information content (AvgIpc) is 2.96. The van der Waals surface area contributed by atoms with Gasteiger partial charge in [-0.2, -0.15) is 5.26 Å². The Bertz CT molecular complexity index is 1130. The van der Waals surface area contributed by atoms with Gasteiger partial charge in [0.1, 0.15) is 12.6 Å². The molecule has 2 heterocycles. The summed E-state index contributed by atoms with van der Waals surface area (Å²) in [6.45, 7) is 2.62. The maximum atomic E-state index is 12.9. The van der Waals surface area contributed by atoms with Crippen LogP contribution in [0.5, 0.6) is 0 Å². The Morgan fingerprint density at radius 1 is 1.10 bits per heavy atom. The van der Waals surface area contributed by atoms with Gasteiger partial charge in [-0.05, 0) is 25.0 Å². The van der Waals surface area contributed by atoms with E-state index >= 15 is 0 Å². The standard InChI is InChI=1S/C23H22N4O2/c1-16-19(12-24)18-9-5-6-10-20(18)27(16)13-21(28)26-14-23(15-26,22(25)29)11-17-7-3-2-4-8-17/h2-10H,11,13-15H2,1H3,(H2,25,29). The van der Waals surface area contributed by atoms with E-state index in [1.807, 2.05) is 66.1 Å². The molecule has 0 saturated carbocycles. The molecule has 1 aliphatic heterocycles. The Balaban J connectivity index is 1.53. The van der Waals surface area contributed by atoms with Crippen molar-refractivity contribution in [1.82, 2.24) is 9.47 Å². The molecule has 0 bridgehead atoms. The van der Waals surface area contributed by atoms with Crippen LogP contribution in [-0.2, 0) is 22.6 Å². The topological polar surface area (TPSA) is 92.1 Å². The number of nitrogens with zero attached hydrogens (tertiary/aromatic N) is 3. The molecule has 1 fully saturated rings. The predicted molar refractivity (Wildman–Crippen MR) is 110 cm³/mol. The highest BCUT2D eigenvalue weighted by molar-refractivity contribution is 5.91. The van der Waals surface area contributed by atoms with Crippen LogP contribution in [0.3, 0.4) is 0 Å². The van der Waals surface area contributed by atoms with Gasteiger partial charge in [0.25, 0.3) is 0 Å². The predicted octanol–water partition coefficient (Wildman–Crippen LogP) is 2.38. The molecule has 3 aromatic rings. The zero-order chi connectivity index (χ0) is 20.6. The minimum absolute atomic E-state index is 0.0803. The Labute approximate surface area is 169 Å². The number of rotatable bonds is 5. The molecule has 1 aliphatic rings. The molecule has 0 radical (unpaired) electrons. The summed E-state index contributed by atoms with van der Waals surface area (Å²) in [5.74, 6) is -0.456. The highest BCUT2D eigenvalue weighted by Crippen LogP contribution is 2.35. The summed E-state index contributed by atoms with van der Waals surface area (Å²) >= 11 is 0. The molecule has 1 saturated heterocycles. The molecule has 0 atom stereocenters. The van der Waals surface area contributed by atoms with Crippen LogP contribution in [0.4, 0.5) is 0 Å². The van der Waals surface area contributed by atoms with Gasteiger partial charge in [-0.1, -0.05) is 48.5 Å². The summed E-state index contributed by atoms with van der Waals surface area (Å²) in [6.07, 6.45) is 0.525. The fourth-order valence-electron chi connectivity index (χ4n) is 4.21. The molecular weight excluding hydrogens is 364 g/mol. The first-order valence-electron chi connectivity index (χ1n) is 9.55. The second-order valence-corrected chi connectivity index (χ2v) is 7.73. The second-order valence-electron chi connectivity index (χ2n) is 7.73. The van der Waals surface area contributed by atoms with Gasteiger partial charge in [-0.3, -0.25) is 9.59 Å². The highest BCUT2D eigenvalue weighted by atomic mass is 16.2. The third kappa shape index (κ3) is 3.15. The van der Waals surface area contributed by atoms with Crippen LogP contribution in [0.15, 0.2) is 54.6 Å². The number of likely N-dealkylation sites (tertiary alicyclic amines) is 1. The van der Waals surface area contributed by atoms with E-state index in [4.69, 9.17) is 5.73 Å². The largest absolute Gasteiger partial charge is 0.369 e. The molecule has 146 valence electrons. The lowest BCUT2D eigenvalue weighted by atomic mass is 9.74. The van der Waals surface area contributed by atoms with E-state index in [1.165, 1.54) is 0 Å². The van der Waals surface area contributed by atoms with Crippen molar-refractivity contribution >= 4 is 22.7 Å². The molecule has 4 rings (SSSR count).